The summed E-state index contributed by atoms with van der Waals surface area (Å²) in [5, 5.41) is 9.31. The second-order valence-corrected chi connectivity index (χ2v) is 6.59. The summed E-state index contributed by atoms with van der Waals surface area (Å²) in [6.45, 7) is 0. The number of rotatable bonds is 1. The summed E-state index contributed by atoms with van der Waals surface area (Å²) in [7, 11) is 0. The van der Waals surface area contributed by atoms with E-state index >= 15 is 0 Å². The molecule has 0 saturated carbocycles. The number of hydrogen-bond acceptors (Lipinski definition) is 3. The zero-order valence-electron chi connectivity index (χ0n) is 13.4. The zero-order chi connectivity index (χ0) is 16.1. The third-order valence-electron chi connectivity index (χ3n) is 5.14. The minimum Gasteiger partial charge on any atom is -0.382 e. The van der Waals surface area contributed by atoms with Gasteiger partial charge in [-0.25, -0.2) is 4.98 Å². The van der Waals surface area contributed by atoms with Crippen LogP contribution in [0.3, 0.4) is 0 Å². The van der Waals surface area contributed by atoms with Crippen molar-refractivity contribution in [1.29, 1.82) is 0 Å². The smallest absolute Gasteiger partial charge is 0.153 e. The van der Waals surface area contributed by atoms with Gasteiger partial charge in [-0.2, -0.15) is 5.10 Å². The third kappa shape index (κ3) is 1.94. The minimum absolute atomic E-state index is 0.546. The summed E-state index contributed by atoms with van der Waals surface area (Å²) in [6.07, 6.45) is 7.95. The predicted octanol–water partition coefficient (Wildman–Crippen LogP) is 3.96. The van der Waals surface area contributed by atoms with Crippen molar-refractivity contribution in [2.24, 2.45) is 0 Å². The van der Waals surface area contributed by atoms with Gasteiger partial charge in [-0.3, -0.25) is 5.10 Å². The standard InChI is InChI=1S/C19H19N5/c20-18-14-10-11(6-7-16(14)23-24-18)12-8-9-21-19-17(12)13-4-2-1-3-5-15(13)22-19/h6-10H,1-5H2,(H,21,22)(H3,20,23,24). The molecule has 0 bridgehead atoms. The molecule has 5 rings (SSSR count). The number of aryl methyl sites for hydroxylation is 2. The van der Waals surface area contributed by atoms with Gasteiger partial charge in [0, 0.05) is 22.7 Å². The van der Waals surface area contributed by atoms with Crippen molar-refractivity contribution in [3.05, 3.63) is 41.7 Å². The van der Waals surface area contributed by atoms with Crippen LogP contribution in [0.1, 0.15) is 30.5 Å². The molecular formula is C19H19N5. The highest BCUT2D eigenvalue weighted by Gasteiger charge is 2.18. The van der Waals surface area contributed by atoms with E-state index in [4.69, 9.17) is 5.73 Å². The van der Waals surface area contributed by atoms with E-state index in [1.165, 1.54) is 41.5 Å². The summed E-state index contributed by atoms with van der Waals surface area (Å²) >= 11 is 0. The van der Waals surface area contributed by atoms with Crippen LogP contribution in [0.2, 0.25) is 0 Å². The lowest BCUT2D eigenvalue weighted by Crippen LogP contribution is -1.89. The van der Waals surface area contributed by atoms with Gasteiger partial charge in [0.15, 0.2) is 5.82 Å². The van der Waals surface area contributed by atoms with Gasteiger partial charge < -0.3 is 10.7 Å². The Labute approximate surface area is 139 Å². The number of nitrogens with two attached hydrogens (primary N) is 1. The highest BCUT2D eigenvalue weighted by molar-refractivity contribution is 6.00. The first-order valence-electron chi connectivity index (χ1n) is 8.53. The van der Waals surface area contributed by atoms with Crippen molar-refractivity contribution in [1.82, 2.24) is 20.2 Å². The number of anilines is 1. The molecule has 1 aromatic carbocycles. The van der Waals surface area contributed by atoms with Crippen LogP contribution in [0.4, 0.5) is 5.82 Å². The molecule has 3 heterocycles. The van der Waals surface area contributed by atoms with Gasteiger partial charge >= 0.3 is 0 Å². The molecule has 1 aliphatic carbocycles. The monoisotopic (exact) mass is 317 g/mol. The van der Waals surface area contributed by atoms with Gasteiger partial charge in [0.2, 0.25) is 0 Å². The third-order valence-corrected chi connectivity index (χ3v) is 5.14. The number of fused-ring (bicyclic) bond motifs is 4. The maximum Gasteiger partial charge on any atom is 0.153 e. The zero-order valence-corrected chi connectivity index (χ0v) is 13.4. The number of nitrogen functional groups attached to an aromatic ring is 1. The Morgan fingerprint density at radius 1 is 1.04 bits per heavy atom. The minimum atomic E-state index is 0.546. The van der Waals surface area contributed by atoms with E-state index in [2.05, 4.69) is 38.4 Å². The Morgan fingerprint density at radius 2 is 1.96 bits per heavy atom. The van der Waals surface area contributed by atoms with Crippen LogP contribution < -0.4 is 5.73 Å². The highest BCUT2D eigenvalue weighted by atomic mass is 15.1. The van der Waals surface area contributed by atoms with E-state index in [1.54, 1.807) is 0 Å². The van der Waals surface area contributed by atoms with E-state index in [0.717, 1.165) is 35.0 Å². The maximum absolute atomic E-state index is 5.99. The van der Waals surface area contributed by atoms with Crippen LogP contribution >= 0.6 is 0 Å². The number of hydrogen-bond donors (Lipinski definition) is 3. The Balaban J connectivity index is 1.78. The largest absolute Gasteiger partial charge is 0.382 e. The van der Waals surface area contributed by atoms with Crippen molar-refractivity contribution in [2.75, 3.05) is 5.73 Å². The van der Waals surface area contributed by atoms with Gasteiger partial charge in [-0.1, -0.05) is 12.5 Å². The predicted molar refractivity (Wildman–Crippen MR) is 96.9 cm³/mol. The molecule has 0 atom stereocenters. The van der Waals surface area contributed by atoms with E-state index in [9.17, 15) is 0 Å². The lowest BCUT2D eigenvalue weighted by atomic mass is 9.97. The molecule has 0 fully saturated rings. The Kier molecular flexibility index (Phi) is 2.89. The fraction of sp³-hybridized carbons (Fsp3) is 0.263. The lowest BCUT2D eigenvalue weighted by molar-refractivity contribution is 0.708. The normalized spacial score (nSPS) is 14.8. The topological polar surface area (TPSA) is 83.4 Å². The van der Waals surface area contributed by atoms with Gasteiger partial charge in [-0.05, 0) is 60.6 Å². The van der Waals surface area contributed by atoms with E-state index in [-0.39, 0.29) is 0 Å². The number of pyridine rings is 1. The molecule has 0 saturated heterocycles. The molecule has 24 heavy (non-hydrogen) atoms. The van der Waals surface area contributed by atoms with Crippen LogP contribution in [0.5, 0.6) is 0 Å². The Morgan fingerprint density at radius 3 is 2.92 bits per heavy atom. The first-order chi connectivity index (χ1) is 11.8. The number of benzene rings is 1. The number of nitrogens with zero attached hydrogens (tertiary/aromatic N) is 2. The van der Waals surface area contributed by atoms with Crippen molar-refractivity contribution in [2.45, 2.75) is 32.1 Å². The molecule has 1 aliphatic rings. The van der Waals surface area contributed by atoms with Crippen LogP contribution in [-0.4, -0.2) is 20.2 Å². The molecule has 120 valence electrons. The summed E-state index contributed by atoms with van der Waals surface area (Å²) in [6, 6.07) is 8.41. The number of nitrogens with one attached hydrogen (secondary N) is 2. The van der Waals surface area contributed by atoms with Crippen LogP contribution in [0.25, 0.3) is 33.1 Å². The van der Waals surface area contributed by atoms with E-state index in [1.807, 2.05) is 12.3 Å². The first-order valence-corrected chi connectivity index (χ1v) is 8.53. The maximum atomic E-state index is 5.99. The molecule has 0 aliphatic heterocycles. The number of aromatic nitrogens is 4. The molecular weight excluding hydrogens is 298 g/mol. The van der Waals surface area contributed by atoms with Crippen molar-refractivity contribution >= 4 is 27.8 Å². The molecule has 0 unspecified atom stereocenters. The van der Waals surface area contributed by atoms with Crippen LogP contribution in [0.15, 0.2) is 30.5 Å². The molecule has 0 spiro atoms. The molecule has 3 aromatic heterocycles. The summed E-state index contributed by atoms with van der Waals surface area (Å²) in [5.41, 5.74) is 13.2. The van der Waals surface area contributed by atoms with Crippen LogP contribution in [0, 0.1) is 0 Å². The van der Waals surface area contributed by atoms with Gasteiger partial charge in [-0.15, -0.1) is 0 Å². The summed E-state index contributed by atoms with van der Waals surface area (Å²) in [4.78, 5) is 8.13. The summed E-state index contributed by atoms with van der Waals surface area (Å²) in [5.74, 6) is 0.546. The molecule has 4 N–H and O–H groups in total. The van der Waals surface area contributed by atoms with Gasteiger partial charge in [0.05, 0.1) is 5.52 Å². The average molecular weight is 317 g/mol. The average Bonchev–Trinajstić information content (AvgIpc) is 3.06. The lowest BCUT2D eigenvalue weighted by Gasteiger charge is -2.07. The highest BCUT2D eigenvalue weighted by Crippen LogP contribution is 2.36. The van der Waals surface area contributed by atoms with E-state index < -0.39 is 0 Å². The Hall–Kier alpha value is -2.82. The fourth-order valence-corrected chi connectivity index (χ4v) is 3.94. The number of aromatic amines is 2. The Bertz CT molecular complexity index is 1060. The second kappa shape index (κ2) is 5.09. The summed E-state index contributed by atoms with van der Waals surface area (Å²) < 4.78 is 0. The SMILES string of the molecule is Nc1n[nH]c2ccc(-c3ccnc4[nH]c5c(c34)CCCCC5)cc12. The molecule has 0 amide bonds. The molecule has 5 nitrogen and oxygen atoms in total. The van der Waals surface area contributed by atoms with Crippen molar-refractivity contribution in [3.63, 3.8) is 0 Å². The quantitative estimate of drug-likeness (QED) is 0.465. The van der Waals surface area contributed by atoms with Gasteiger partial charge in [0.1, 0.15) is 5.65 Å². The molecule has 5 heteroatoms. The van der Waals surface area contributed by atoms with E-state index in [0.29, 0.717) is 5.82 Å². The van der Waals surface area contributed by atoms with Crippen molar-refractivity contribution < 1.29 is 0 Å². The first kappa shape index (κ1) is 13.6. The van der Waals surface area contributed by atoms with Gasteiger partial charge in [0.25, 0.3) is 0 Å². The fourth-order valence-electron chi connectivity index (χ4n) is 3.94. The van der Waals surface area contributed by atoms with Crippen molar-refractivity contribution in [3.8, 4) is 11.1 Å². The number of H-pyrrole nitrogens is 2. The molecule has 0 radical (unpaired) electrons. The second-order valence-electron chi connectivity index (χ2n) is 6.59. The molecule has 4 aromatic rings. The van der Waals surface area contributed by atoms with Crippen LogP contribution in [-0.2, 0) is 12.8 Å².